The molecule has 1 amide bonds. The Morgan fingerprint density at radius 1 is 1.03 bits per heavy atom. The highest BCUT2D eigenvalue weighted by Gasteiger charge is 2.51. The van der Waals surface area contributed by atoms with E-state index < -0.39 is 17.2 Å². The van der Waals surface area contributed by atoms with Crippen LogP contribution in [0.4, 0.5) is 14.5 Å². The van der Waals surface area contributed by atoms with Crippen molar-refractivity contribution in [3.8, 4) is 0 Å². The summed E-state index contributed by atoms with van der Waals surface area (Å²) in [5, 5.41) is 3.04. The van der Waals surface area contributed by atoms with E-state index in [0.717, 1.165) is 50.8 Å². The fourth-order valence-electron chi connectivity index (χ4n) is 5.09. The second-order valence-corrected chi connectivity index (χ2v) is 8.58. The lowest BCUT2D eigenvalue weighted by Gasteiger charge is -2.50. The third-order valence-electron chi connectivity index (χ3n) is 6.89. The van der Waals surface area contributed by atoms with Gasteiger partial charge in [-0.25, -0.2) is 8.78 Å². The zero-order valence-corrected chi connectivity index (χ0v) is 16.9. The summed E-state index contributed by atoms with van der Waals surface area (Å²) in [6.45, 7) is 4.56. The number of piperidine rings is 1. The minimum absolute atomic E-state index is 0.132. The van der Waals surface area contributed by atoms with Crippen LogP contribution in [-0.4, -0.2) is 60.1 Å². The smallest absolute Gasteiger partial charge is 0.247 e. The number of rotatable bonds is 4. The third-order valence-corrected chi connectivity index (χ3v) is 6.89. The standard InChI is InChI=1S/C23H26F2N4O/c24-18-7-6-17(21(25)12-18)13-27-14-20(15-27)28-10-8-23(9-11-28)22(30)26-16-29(23)19-4-2-1-3-5-19/h1-7,12,20H,8-11,13-16H2,(H,26,30). The molecule has 0 aromatic heterocycles. The van der Waals surface area contributed by atoms with E-state index in [1.807, 2.05) is 18.2 Å². The van der Waals surface area contributed by atoms with Gasteiger partial charge in [0.05, 0.1) is 6.67 Å². The summed E-state index contributed by atoms with van der Waals surface area (Å²) in [6.07, 6.45) is 1.60. The summed E-state index contributed by atoms with van der Waals surface area (Å²) in [5.74, 6) is -0.889. The van der Waals surface area contributed by atoms with Crippen molar-refractivity contribution in [3.05, 3.63) is 65.7 Å². The zero-order chi connectivity index (χ0) is 20.7. The highest BCUT2D eigenvalue weighted by Crippen LogP contribution is 2.37. The van der Waals surface area contributed by atoms with Gasteiger partial charge in [-0.05, 0) is 31.0 Å². The van der Waals surface area contributed by atoms with E-state index in [9.17, 15) is 13.6 Å². The molecule has 3 fully saturated rings. The van der Waals surface area contributed by atoms with Crippen molar-refractivity contribution in [1.82, 2.24) is 15.1 Å². The molecule has 1 spiro atoms. The molecule has 3 heterocycles. The molecule has 0 radical (unpaired) electrons. The summed E-state index contributed by atoms with van der Waals surface area (Å²) < 4.78 is 27.0. The van der Waals surface area contributed by atoms with E-state index in [0.29, 0.717) is 24.8 Å². The van der Waals surface area contributed by atoms with E-state index in [2.05, 4.69) is 32.1 Å². The summed E-state index contributed by atoms with van der Waals surface area (Å²) in [4.78, 5) is 19.6. The molecule has 7 heteroatoms. The van der Waals surface area contributed by atoms with Crippen molar-refractivity contribution in [2.75, 3.05) is 37.7 Å². The number of benzene rings is 2. The highest BCUT2D eigenvalue weighted by molar-refractivity contribution is 5.93. The Bertz CT molecular complexity index is 924. The number of amides is 1. The van der Waals surface area contributed by atoms with Crippen molar-refractivity contribution < 1.29 is 13.6 Å². The predicted octanol–water partition coefficient (Wildman–Crippen LogP) is 2.58. The Morgan fingerprint density at radius 3 is 2.47 bits per heavy atom. The van der Waals surface area contributed by atoms with Gasteiger partial charge in [-0.1, -0.05) is 24.3 Å². The van der Waals surface area contributed by atoms with Crippen LogP contribution in [0.5, 0.6) is 0 Å². The van der Waals surface area contributed by atoms with E-state index in [1.165, 1.54) is 12.1 Å². The Kier molecular flexibility index (Phi) is 4.95. The molecule has 30 heavy (non-hydrogen) atoms. The lowest BCUT2D eigenvalue weighted by Crippen LogP contribution is -2.64. The summed E-state index contributed by atoms with van der Waals surface area (Å²) in [5.41, 5.74) is 1.16. The zero-order valence-electron chi connectivity index (χ0n) is 16.9. The molecule has 1 N–H and O–H groups in total. The van der Waals surface area contributed by atoms with Crippen LogP contribution >= 0.6 is 0 Å². The van der Waals surface area contributed by atoms with Crippen molar-refractivity contribution >= 4 is 11.6 Å². The molecule has 5 nitrogen and oxygen atoms in total. The average Bonchev–Trinajstić information content (AvgIpc) is 3.03. The van der Waals surface area contributed by atoms with Gasteiger partial charge in [0.1, 0.15) is 17.2 Å². The maximum Gasteiger partial charge on any atom is 0.247 e. The summed E-state index contributed by atoms with van der Waals surface area (Å²) in [6, 6.07) is 14.3. The summed E-state index contributed by atoms with van der Waals surface area (Å²) in [7, 11) is 0. The first kappa shape index (κ1) is 19.5. The van der Waals surface area contributed by atoms with E-state index in [4.69, 9.17) is 0 Å². The van der Waals surface area contributed by atoms with Gasteiger partial charge in [0, 0.05) is 56.1 Å². The number of para-hydroxylation sites is 1. The Labute approximate surface area is 175 Å². The predicted molar refractivity (Wildman–Crippen MR) is 111 cm³/mol. The van der Waals surface area contributed by atoms with Crippen molar-refractivity contribution in [2.24, 2.45) is 0 Å². The van der Waals surface area contributed by atoms with Crippen LogP contribution in [0.3, 0.4) is 0 Å². The number of halogens is 2. The van der Waals surface area contributed by atoms with Crippen LogP contribution in [0.2, 0.25) is 0 Å². The molecule has 3 aliphatic rings. The van der Waals surface area contributed by atoms with Crippen molar-refractivity contribution in [2.45, 2.75) is 31.0 Å². The third kappa shape index (κ3) is 3.36. The number of hydrogen-bond acceptors (Lipinski definition) is 4. The number of nitrogens with zero attached hydrogens (tertiary/aromatic N) is 3. The van der Waals surface area contributed by atoms with Gasteiger partial charge >= 0.3 is 0 Å². The van der Waals surface area contributed by atoms with E-state index in [-0.39, 0.29) is 5.91 Å². The first-order valence-electron chi connectivity index (χ1n) is 10.6. The molecule has 2 aromatic rings. The quantitative estimate of drug-likeness (QED) is 0.838. The topological polar surface area (TPSA) is 38.8 Å². The van der Waals surface area contributed by atoms with Gasteiger partial charge in [-0.15, -0.1) is 0 Å². The normalized spacial score (nSPS) is 22.3. The number of nitrogens with one attached hydrogen (secondary N) is 1. The fourth-order valence-corrected chi connectivity index (χ4v) is 5.09. The minimum Gasteiger partial charge on any atom is -0.339 e. The number of carbonyl (C=O) groups excluding carboxylic acids is 1. The maximum atomic E-state index is 13.9. The SMILES string of the molecule is O=C1NCN(c2ccccc2)C12CCN(C1CN(Cc3ccc(F)cc3F)C1)CC2. The number of anilines is 1. The molecule has 0 unspecified atom stereocenters. The van der Waals surface area contributed by atoms with Gasteiger partial charge in [-0.3, -0.25) is 14.6 Å². The lowest BCUT2D eigenvalue weighted by molar-refractivity contribution is -0.125. The van der Waals surface area contributed by atoms with Gasteiger partial charge in [0.15, 0.2) is 0 Å². The fraction of sp³-hybridized carbons (Fsp3) is 0.435. The van der Waals surface area contributed by atoms with Crippen molar-refractivity contribution in [3.63, 3.8) is 0 Å². The Balaban J connectivity index is 1.18. The van der Waals surface area contributed by atoms with Gasteiger partial charge in [0.2, 0.25) is 5.91 Å². The van der Waals surface area contributed by atoms with Crippen molar-refractivity contribution in [1.29, 1.82) is 0 Å². The molecular weight excluding hydrogens is 386 g/mol. The second-order valence-electron chi connectivity index (χ2n) is 8.58. The Morgan fingerprint density at radius 2 is 1.77 bits per heavy atom. The van der Waals surface area contributed by atoms with Crippen LogP contribution in [0, 0.1) is 11.6 Å². The molecular formula is C23H26F2N4O. The first-order chi connectivity index (χ1) is 14.5. The highest BCUT2D eigenvalue weighted by atomic mass is 19.1. The van der Waals surface area contributed by atoms with Gasteiger partial charge < -0.3 is 10.2 Å². The minimum atomic E-state index is -0.541. The van der Waals surface area contributed by atoms with Crippen LogP contribution in [0.15, 0.2) is 48.5 Å². The van der Waals surface area contributed by atoms with Crippen LogP contribution < -0.4 is 10.2 Å². The molecule has 0 atom stereocenters. The Hall–Kier alpha value is -2.51. The number of hydrogen-bond donors (Lipinski definition) is 1. The van der Waals surface area contributed by atoms with Crippen LogP contribution in [0.1, 0.15) is 18.4 Å². The van der Waals surface area contributed by atoms with E-state index >= 15 is 0 Å². The number of likely N-dealkylation sites (tertiary alicyclic amines) is 2. The molecule has 5 rings (SSSR count). The number of carbonyl (C=O) groups is 1. The van der Waals surface area contributed by atoms with Crippen LogP contribution in [-0.2, 0) is 11.3 Å². The van der Waals surface area contributed by atoms with Gasteiger partial charge in [0.25, 0.3) is 0 Å². The second kappa shape index (κ2) is 7.63. The molecule has 0 aliphatic carbocycles. The molecule has 0 bridgehead atoms. The molecule has 3 aliphatic heterocycles. The first-order valence-corrected chi connectivity index (χ1v) is 10.6. The average molecular weight is 412 g/mol. The summed E-state index contributed by atoms with van der Waals surface area (Å²) >= 11 is 0. The monoisotopic (exact) mass is 412 g/mol. The lowest BCUT2D eigenvalue weighted by atomic mass is 9.84. The molecule has 2 aromatic carbocycles. The van der Waals surface area contributed by atoms with Gasteiger partial charge in [-0.2, -0.15) is 0 Å². The largest absolute Gasteiger partial charge is 0.339 e. The van der Waals surface area contributed by atoms with E-state index in [1.54, 1.807) is 0 Å². The molecule has 3 saturated heterocycles. The maximum absolute atomic E-state index is 13.9. The molecule has 158 valence electrons. The molecule has 0 saturated carbocycles. The van der Waals surface area contributed by atoms with Crippen LogP contribution in [0.25, 0.3) is 0 Å².